The van der Waals surface area contributed by atoms with Crippen LogP contribution in [0.4, 0.5) is 0 Å². The lowest BCUT2D eigenvalue weighted by Gasteiger charge is -2.34. The fraction of sp³-hybridized carbons (Fsp3) is 0.556. The van der Waals surface area contributed by atoms with Gasteiger partial charge in [-0.2, -0.15) is 0 Å². The molecule has 0 saturated carbocycles. The van der Waals surface area contributed by atoms with Gasteiger partial charge in [-0.25, -0.2) is 5.43 Å². The van der Waals surface area contributed by atoms with Crippen LogP contribution in [0.25, 0.3) is 0 Å². The molecule has 0 fully saturated rings. The van der Waals surface area contributed by atoms with Crippen LogP contribution < -0.4 is 11.3 Å². The lowest BCUT2D eigenvalue weighted by atomic mass is 9.81. The molecule has 2 nitrogen and oxygen atoms in total. The number of hydrazine groups is 1. The molecule has 1 aliphatic rings. The summed E-state index contributed by atoms with van der Waals surface area (Å²) in [6.45, 7) is 4.34. The second kappa shape index (κ2) is 3.20. The van der Waals surface area contributed by atoms with Crippen LogP contribution in [-0.4, -0.2) is 5.54 Å². The Morgan fingerprint density at radius 3 is 2.45 bits per heavy atom. The molecule has 0 aliphatic heterocycles. The molecule has 11 heavy (non-hydrogen) atoms. The summed E-state index contributed by atoms with van der Waals surface area (Å²) in [5.74, 6) is 6.03. The smallest absolute Gasteiger partial charge is 0.0560 e. The summed E-state index contributed by atoms with van der Waals surface area (Å²) >= 11 is 0. The van der Waals surface area contributed by atoms with E-state index in [1.165, 1.54) is 0 Å². The normalized spacial score (nSPS) is 29.8. The molecule has 1 aliphatic carbocycles. The minimum atomic E-state index is -0.0191. The molecule has 0 bridgehead atoms. The van der Waals surface area contributed by atoms with E-state index in [2.05, 4.69) is 37.5 Å². The zero-order valence-corrected chi connectivity index (χ0v) is 7.17. The Morgan fingerprint density at radius 2 is 2.18 bits per heavy atom. The Balaban J connectivity index is 2.77. The van der Waals surface area contributed by atoms with Gasteiger partial charge in [-0.15, -0.1) is 0 Å². The van der Waals surface area contributed by atoms with Crippen LogP contribution in [0.5, 0.6) is 0 Å². The monoisotopic (exact) mass is 152 g/mol. The minimum absolute atomic E-state index is 0.0191. The van der Waals surface area contributed by atoms with E-state index < -0.39 is 0 Å². The molecule has 2 heteroatoms. The third-order valence-corrected chi connectivity index (χ3v) is 2.40. The highest BCUT2D eigenvalue weighted by atomic mass is 15.3. The highest BCUT2D eigenvalue weighted by Gasteiger charge is 2.28. The average Bonchev–Trinajstić information content (AvgIpc) is 2.05. The molecule has 1 unspecified atom stereocenters. The second-order valence-corrected chi connectivity index (χ2v) is 3.33. The zero-order chi connectivity index (χ0) is 8.32. The minimum Gasteiger partial charge on any atom is -0.271 e. The maximum absolute atomic E-state index is 5.50. The van der Waals surface area contributed by atoms with Crippen LogP contribution in [0.3, 0.4) is 0 Å². The largest absolute Gasteiger partial charge is 0.271 e. The van der Waals surface area contributed by atoms with Gasteiger partial charge in [-0.1, -0.05) is 38.2 Å². The molecule has 0 spiro atoms. The van der Waals surface area contributed by atoms with E-state index in [4.69, 9.17) is 5.84 Å². The van der Waals surface area contributed by atoms with Gasteiger partial charge in [0.1, 0.15) is 0 Å². The highest BCUT2D eigenvalue weighted by Crippen LogP contribution is 2.24. The summed E-state index contributed by atoms with van der Waals surface area (Å²) in [7, 11) is 0. The molecule has 3 N–H and O–H groups in total. The van der Waals surface area contributed by atoms with Crippen molar-refractivity contribution in [3.05, 3.63) is 24.3 Å². The summed E-state index contributed by atoms with van der Waals surface area (Å²) in [6, 6.07) is 0. The fourth-order valence-corrected chi connectivity index (χ4v) is 1.34. The highest BCUT2D eigenvalue weighted by molar-refractivity contribution is 5.21. The van der Waals surface area contributed by atoms with Crippen LogP contribution in [-0.2, 0) is 0 Å². The number of allylic oxidation sites excluding steroid dienone is 2. The van der Waals surface area contributed by atoms with E-state index in [-0.39, 0.29) is 5.54 Å². The Hall–Kier alpha value is -0.600. The zero-order valence-electron chi connectivity index (χ0n) is 7.17. The first-order valence-electron chi connectivity index (χ1n) is 4.03. The maximum Gasteiger partial charge on any atom is 0.0560 e. The number of rotatable bonds is 2. The topological polar surface area (TPSA) is 38.0 Å². The van der Waals surface area contributed by atoms with Gasteiger partial charge in [-0.3, -0.25) is 5.84 Å². The molecule has 0 saturated heterocycles. The Kier molecular flexibility index (Phi) is 2.47. The summed E-state index contributed by atoms with van der Waals surface area (Å²) in [4.78, 5) is 0. The van der Waals surface area contributed by atoms with Crippen molar-refractivity contribution in [3.63, 3.8) is 0 Å². The van der Waals surface area contributed by atoms with Crippen molar-refractivity contribution in [1.29, 1.82) is 0 Å². The maximum atomic E-state index is 5.50. The van der Waals surface area contributed by atoms with Gasteiger partial charge in [0, 0.05) is 0 Å². The van der Waals surface area contributed by atoms with Crippen molar-refractivity contribution >= 4 is 0 Å². The van der Waals surface area contributed by atoms with E-state index in [0.717, 1.165) is 6.42 Å². The van der Waals surface area contributed by atoms with Crippen molar-refractivity contribution in [2.45, 2.75) is 25.8 Å². The van der Waals surface area contributed by atoms with Gasteiger partial charge in [0.15, 0.2) is 0 Å². The van der Waals surface area contributed by atoms with E-state index in [9.17, 15) is 0 Å². The predicted octanol–water partition coefficient (Wildman–Crippen LogP) is 1.36. The summed E-state index contributed by atoms with van der Waals surface area (Å²) in [5.41, 5.74) is 2.86. The predicted molar refractivity (Wildman–Crippen MR) is 47.8 cm³/mol. The first kappa shape index (κ1) is 8.50. The van der Waals surface area contributed by atoms with Crippen LogP contribution >= 0.6 is 0 Å². The third kappa shape index (κ3) is 1.52. The van der Waals surface area contributed by atoms with E-state index in [1.54, 1.807) is 0 Å². The SMILES string of the molecule is CC(C)C1(NN)C=CC=CC1. The standard InChI is InChI=1S/C9H16N2/c1-8(2)9(11-10)6-4-3-5-7-9/h3-6,8,11H,7,10H2,1-2H3. The summed E-state index contributed by atoms with van der Waals surface area (Å²) < 4.78 is 0. The average molecular weight is 152 g/mol. The summed E-state index contributed by atoms with van der Waals surface area (Å²) in [6.07, 6.45) is 9.36. The molecule has 0 aromatic carbocycles. The first-order valence-corrected chi connectivity index (χ1v) is 4.03. The van der Waals surface area contributed by atoms with E-state index >= 15 is 0 Å². The molecule has 0 radical (unpaired) electrons. The molecule has 0 amide bonds. The van der Waals surface area contributed by atoms with Gasteiger partial charge in [0.25, 0.3) is 0 Å². The van der Waals surface area contributed by atoms with Gasteiger partial charge in [0.2, 0.25) is 0 Å². The number of hydrogen-bond donors (Lipinski definition) is 2. The Morgan fingerprint density at radius 1 is 1.45 bits per heavy atom. The van der Waals surface area contributed by atoms with Crippen molar-refractivity contribution in [1.82, 2.24) is 5.43 Å². The molecule has 0 heterocycles. The van der Waals surface area contributed by atoms with Crippen LogP contribution in [0.15, 0.2) is 24.3 Å². The van der Waals surface area contributed by atoms with Crippen LogP contribution in [0.1, 0.15) is 20.3 Å². The van der Waals surface area contributed by atoms with Gasteiger partial charge < -0.3 is 0 Å². The first-order chi connectivity index (χ1) is 5.21. The third-order valence-electron chi connectivity index (χ3n) is 2.40. The molecule has 0 aromatic rings. The molecular weight excluding hydrogens is 136 g/mol. The van der Waals surface area contributed by atoms with E-state index in [0.29, 0.717) is 5.92 Å². The molecule has 1 rings (SSSR count). The molecule has 0 aromatic heterocycles. The lowest BCUT2D eigenvalue weighted by Crippen LogP contribution is -2.51. The second-order valence-electron chi connectivity index (χ2n) is 3.33. The number of nitrogens with one attached hydrogen (secondary N) is 1. The quantitative estimate of drug-likeness (QED) is 0.463. The van der Waals surface area contributed by atoms with Crippen molar-refractivity contribution < 1.29 is 0 Å². The van der Waals surface area contributed by atoms with Crippen LogP contribution in [0, 0.1) is 5.92 Å². The number of nitrogens with two attached hydrogens (primary N) is 1. The van der Waals surface area contributed by atoms with Gasteiger partial charge >= 0.3 is 0 Å². The number of hydrogen-bond acceptors (Lipinski definition) is 2. The summed E-state index contributed by atoms with van der Waals surface area (Å²) in [5, 5.41) is 0. The lowest BCUT2D eigenvalue weighted by molar-refractivity contribution is 0.305. The van der Waals surface area contributed by atoms with Crippen molar-refractivity contribution in [3.8, 4) is 0 Å². The van der Waals surface area contributed by atoms with Gasteiger partial charge in [0.05, 0.1) is 5.54 Å². The molecule has 1 atom stereocenters. The Bertz CT molecular complexity index is 182. The van der Waals surface area contributed by atoms with E-state index in [1.807, 2.05) is 6.08 Å². The fourth-order valence-electron chi connectivity index (χ4n) is 1.34. The van der Waals surface area contributed by atoms with Gasteiger partial charge in [-0.05, 0) is 12.3 Å². The van der Waals surface area contributed by atoms with Crippen LogP contribution in [0.2, 0.25) is 0 Å². The molecule has 62 valence electrons. The van der Waals surface area contributed by atoms with Crippen molar-refractivity contribution in [2.75, 3.05) is 0 Å². The van der Waals surface area contributed by atoms with Crippen molar-refractivity contribution in [2.24, 2.45) is 11.8 Å². The molecular formula is C9H16N2. The Labute approximate surface area is 68.1 Å².